The van der Waals surface area contributed by atoms with E-state index >= 15 is 0 Å². The summed E-state index contributed by atoms with van der Waals surface area (Å²) in [7, 11) is 0. The molecule has 1 N–H and O–H groups in total. The van der Waals surface area contributed by atoms with Crippen molar-refractivity contribution in [1.29, 1.82) is 0 Å². The molecule has 4 heteroatoms. The molecule has 0 spiro atoms. The third-order valence-corrected chi connectivity index (χ3v) is 4.36. The third-order valence-electron chi connectivity index (χ3n) is 3.83. The number of amides is 1. The maximum Gasteiger partial charge on any atom is 0.223 e. The molecule has 1 heterocycles. The minimum Gasteiger partial charge on any atom is -0.355 e. The van der Waals surface area contributed by atoms with Gasteiger partial charge in [0.25, 0.3) is 0 Å². The maximum atomic E-state index is 12.1. The first-order chi connectivity index (χ1) is 10.2. The first-order valence-corrected chi connectivity index (χ1v) is 7.96. The lowest BCUT2D eigenvalue weighted by Gasteiger charge is -2.05. The van der Waals surface area contributed by atoms with Crippen molar-refractivity contribution < 1.29 is 4.79 Å². The average molecular weight is 345 g/mol. The Hall–Kier alpha value is -1.68. The van der Waals surface area contributed by atoms with Crippen LogP contribution >= 0.6 is 15.9 Å². The van der Waals surface area contributed by atoms with Crippen LogP contribution in [0.25, 0.3) is 0 Å². The average Bonchev–Trinajstić information content (AvgIpc) is 3.30. The Morgan fingerprint density at radius 3 is 2.76 bits per heavy atom. The van der Waals surface area contributed by atoms with E-state index in [1.807, 2.05) is 30.3 Å². The number of carbonyl (C=O) groups excluding carboxylic acids is 1. The second-order valence-corrected chi connectivity index (χ2v) is 6.28. The van der Waals surface area contributed by atoms with Gasteiger partial charge in [-0.05, 0) is 42.2 Å². The van der Waals surface area contributed by atoms with Crippen molar-refractivity contribution in [1.82, 2.24) is 10.3 Å². The molecule has 0 bridgehead atoms. The van der Waals surface area contributed by atoms with Gasteiger partial charge in [0, 0.05) is 35.2 Å². The van der Waals surface area contributed by atoms with Crippen molar-refractivity contribution in [3.05, 3.63) is 64.4 Å². The molecule has 108 valence electrons. The Morgan fingerprint density at radius 2 is 2.05 bits per heavy atom. The molecule has 0 radical (unpaired) electrons. The highest BCUT2D eigenvalue weighted by Gasteiger charge is 2.43. The van der Waals surface area contributed by atoms with E-state index in [0.29, 0.717) is 12.5 Å². The second-order valence-electron chi connectivity index (χ2n) is 5.36. The Morgan fingerprint density at radius 1 is 1.24 bits per heavy atom. The molecule has 21 heavy (non-hydrogen) atoms. The molecular weight excluding hydrogens is 328 g/mol. The van der Waals surface area contributed by atoms with Gasteiger partial charge in [-0.25, -0.2) is 0 Å². The topological polar surface area (TPSA) is 42.0 Å². The first kappa shape index (κ1) is 14.3. The minimum atomic E-state index is 0.134. The van der Waals surface area contributed by atoms with Crippen LogP contribution < -0.4 is 5.32 Å². The maximum absolute atomic E-state index is 12.1. The Balaban J connectivity index is 1.46. The van der Waals surface area contributed by atoms with Crippen molar-refractivity contribution in [3.63, 3.8) is 0 Å². The number of rotatable bonds is 5. The molecule has 3 rings (SSSR count). The van der Waals surface area contributed by atoms with Crippen LogP contribution in [0.1, 0.15) is 23.6 Å². The lowest BCUT2D eigenvalue weighted by Crippen LogP contribution is -2.27. The van der Waals surface area contributed by atoms with Crippen LogP contribution in [0.4, 0.5) is 0 Å². The highest BCUT2D eigenvalue weighted by atomic mass is 79.9. The summed E-state index contributed by atoms with van der Waals surface area (Å²) in [6.07, 6.45) is 3.51. The summed E-state index contributed by atoms with van der Waals surface area (Å²) < 4.78 is 1.07. The van der Waals surface area contributed by atoms with Crippen LogP contribution in [0, 0.1) is 5.92 Å². The zero-order valence-electron chi connectivity index (χ0n) is 11.6. The number of benzene rings is 1. The smallest absolute Gasteiger partial charge is 0.223 e. The molecule has 0 aliphatic heterocycles. The standard InChI is InChI=1S/C17H17BrN2O/c18-13-6-4-12(5-7-13)15-11-16(15)17(21)20-10-8-14-3-1-2-9-19-14/h1-7,9,15-16H,8,10-11H2,(H,20,21)/t15-,16+/m1/s1. The molecule has 1 aromatic carbocycles. The first-order valence-electron chi connectivity index (χ1n) is 7.17. The van der Waals surface area contributed by atoms with E-state index in [2.05, 4.69) is 38.4 Å². The van der Waals surface area contributed by atoms with Crippen LogP contribution in [0.2, 0.25) is 0 Å². The Bertz CT molecular complexity index is 612. The summed E-state index contributed by atoms with van der Waals surface area (Å²) in [4.78, 5) is 16.4. The number of nitrogens with one attached hydrogen (secondary N) is 1. The van der Waals surface area contributed by atoms with Gasteiger partial charge < -0.3 is 5.32 Å². The largest absolute Gasteiger partial charge is 0.355 e. The van der Waals surface area contributed by atoms with Crippen LogP contribution in [-0.2, 0) is 11.2 Å². The molecule has 1 aliphatic carbocycles. The van der Waals surface area contributed by atoms with Crippen LogP contribution in [-0.4, -0.2) is 17.4 Å². The van der Waals surface area contributed by atoms with Crippen molar-refractivity contribution in [2.45, 2.75) is 18.8 Å². The molecule has 1 aliphatic rings. The summed E-state index contributed by atoms with van der Waals surface area (Å²) in [5, 5.41) is 3.02. The highest BCUT2D eigenvalue weighted by molar-refractivity contribution is 9.10. The monoisotopic (exact) mass is 344 g/mol. The highest BCUT2D eigenvalue weighted by Crippen LogP contribution is 2.47. The Labute approximate surface area is 132 Å². The molecule has 3 nitrogen and oxygen atoms in total. The molecule has 1 amide bonds. The fraction of sp³-hybridized carbons (Fsp3) is 0.294. The van der Waals surface area contributed by atoms with E-state index < -0.39 is 0 Å². The van der Waals surface area contributed by atoms with Crippen molar-refractivity contribution in [2.24, 2.45) is 5.92 Å². The molecule has 1 saturated carbocycles. The van der Waals surface area contributed by atoms with Gasteiger partial charge >= 0.3 is 0 Å². The van der Waals surface area contributed by atoms with Crippen molar-refractivity contribution >= 4 is 21.8 Å². The van der Waals surface area contributed by atoms with Gasteiger partial charge in [0.05, 0.1) is 0 Å². The number of aromatic nitrogens is 1. The second kappa shape index (κ2) is 6.39. The van der Waals surface area contributed by atoms with Gasteiger partial charge in [-0.3, -0.25) is 9.78 Å². The number of nitrogens with zero attached hydrogens (tertiary/aromatic N) is 1. The molecule has 1 aromatic heterocycles. The van der Waals surface area contributed by atoms with Gasteiger partial charge in [-0.2, -0.15) is 0 Å². The summed E-state index contributed by atoms with van der Waals surface area (Å²) in [6.45, 7) is 0.652. The van der Waals surface area contributed by atoms with Gasteiger partial charge in [0.1, 0.15) is 0 Å². The SMILES string of the molecule is O=C(NCCc1ccccn1)[C@H]1C[C@@H]1c1ccc(Br)cc1. The number of hydrogen-bond donors (Lipinski definition) is 1. The summed E-state index contributed by atoms with van der Waals surface area (Å²) in [6, 6.07) is 14.1. The van der Waals surface area contributed by atoms with Crippen molar-refractivity contribution in [2.75, 3.05) is 6.54 Å². The predicted molar refractivity (Wildman–Crippen MR) is 85.9 cm³/mol. The number of carbonyl (C=O) groups is 1. The Kier molecular flexibility index (Phi) is 4.34. The van der Waals surface area contributed by atoms with E-state index in [4.69, 9.17) is 0 Å². The minimum absolute atomic E-state index is 0.134. The number of hydrogen-bond acceptors (Lipinski definition) is 2. The van der Waals surface area contributed by atoms with Crippen LogP contribution in [0.5, 0.6) is 0 Å². The molecule has 0 saturated heterocycles. The zero-order valence-corrected chi connectivity index (χ0v) is 13.2. The predicted octanol–water partition coefficient (Wildman–Crippen LogP) is 3.31. The summed E-state index contributed by atoms with van der Waals surface area (Å²) >= 11 is 3.43. The number of pyridine rings is 1. The lowest BCUT2D eigenvalue weighted by atomic mass is 10.1. The van der Waals surface area contributed by atoms with Crippen LogP contribution in [0.3, 0.4) is 0 Å². The number of halogens is 1. The molecule has 0 unspecified atom stereocenters. The molecular formula is C17H17BrN2O. The third kappa shape index (κ3) is 3.70. The fourth-order valence-electron chi connectivity index (χ4n) is 2.55. The van der Waals surface area contributed by atoms with Crippen molar-refractivity contribution in [3.8, 4) is 0 Å². The lowest BCUT2D eigenvalue weighted by molar-refractivity contribution is -0.122. The van der Waals surface area contributed by atoms with Gasteiger partial charge in [-0.1, -0.05) is 34.1 Å². The normalized spacial score (nSPS) is 20.0. The molecule has 2 atom stereocenters. The van der Waals surface area contributed by atoms with Gasteiger partial charge in [-0.15, -0.1) is 0 Å². The quantitative estimate of drug-likeness (QED) is 0.903. The summed E-state index contributed by atoms with van der Waals surface area (Å²) in [5.74, 6) is 0.682. The van der Waals surface area contributed by atoms with E-state index in [-0.39, 0.29) is 11.8 Å². The van der Waals surface area contributed by atoms with Gasteiger partial charge in [0.2, 0.25) is 5.91 Å². The zero-order chi connectivity index (χ0) is 14.7. The van der Waals surface area contributed by atoms with E-state index in [1.54, 1.807) is 6.20 Å². The van der Waals surface area contributed by atoms with E-state index in [0.717, 1.165) is 23.0 Å². The molecule has 1 fully saturated rings. The fourth-order valence-corrected chi connectivity index (χ4v) is 2.82. The summed E-state index contributed by atoms with van der Waals surface area (Å²) in [5.41, 5.74) is 2.26. The van der Waals surface area contributed by atoms with E-state index in [1.165, 1.54) is 5.56 Å². The van der Waals surface area contributed by atoms with E-state index in [9.17, 15) is 4.79 Å². The van der Waals surface area contributed by atoms with Gasteiger partial charge in [0.15, 0.2) is 0 Å². The van der Waals surface area contributed by atoms with Crippen LogP contribution in [0.15, 0.2) is 53.1 Å². The molecule has 2 aromatic rings.